The summed E-state index contributed by atoms with van der Waals surface area (Å²) in [5.41, 5.74) is 0. The van der Waals surface area contributed by atoms with Gasteiger partial charge in [0.1, 0.15) is 6.61 Å². The maximum Gasteiger partial charge on any atom is 0.509 e. The zero-order valence-electron chi connectivity index (χ0n) is 9.58. The second kappa shape index (κ2) is 4.92. The Balaban J connectivity index is 1.93. The van der Waals surface area contributed by atoms with Gasteiger partial charge in [-0.1, -0.05) is 0 Å². The van der Waals surface area contributed by atoms with Crippen molar-refractivity contribution in [2.24, 2.45) is 0 Å². The minimum absolute atomic E-state index is 0.0652. The number of carbonyl (C=O) groups excluding carboxylic acids is 2. The van der Waals surface area contributed by atoms with Crippen molar-refractivity contribution in [2.45, 2.75) is 31.4 Å². The first-order valence-corrected chi connectivity index (χ1v) is 8.16. The highest BCUT2D eigenvalue weighted by Gasteiger charge is 2.47. The smallest absolute Gasteiger partial charge is 0.430 e. The predicted octanol–water partition coefficient (Wildman–Crippen LogP) is 0.426. The van der Waals surface area contributed by atoms with Crippen LogP contribution in [0.15, 0.2) is 0 Å². The lowest BCUT2D eigenvalue weighted by atomic mass is 10.1. The molecule has 0 aromatic rings. The van der Waals surface area contributed by atoms with Gasteiger partial charge in [0, 0.05) is 0 Å². The molecule has 2 rings (SSSR count). The average molecular weight is 262 g/mol. The Kier molecular flexibility index (Phi) is 3.53. The van der Waals surface area contributed by atoms with E-state index in [1.807, 2.05) is 13.1 Å². The van der Waals surface area contributed by atoms with E-state index in [1.165, 1.54) is 0 Å². The monoisotopic (exact) mass is 262 g/mol. The zero-order valence-corrected chi connectivity index (χ0v) is 10.7. The molecule has 3 unspecified atom stereocenters. The highest BCUT2D eigenvalue weighted by Crippen LogP contribution is 2.24. The van der Waals surface area contributed by atoms with Gasteiger partial charge in [-0.3, -0.25) is 0 Å². The van der Waals surface area contributed by atoms with Crippen LogP contribution in [0.2, 0.25) is 13.1 Å². The van der Waals surface area contributed by atoms with Crippen molar-refractivity contribution in [2.75, 3.05) is 13.2 Å². The number of rotatable bonds is 4. The van der Waals surface area contributed by atoms with Crippen LogP contribution in [0, 0.1) is 0 Å². The van der Waals surface area contributed by atoms with E-state index in [-0.39, 0.29) is 13.2 Å². The molecule has 0 saturated carbocycles. The Bertz CT molecular complexity index is 318. The van der Waals surface area contributed by atoms with Crippen LogP contribution in [0.3, 0.4) is 0 Å². The zero-order chi connectivity index (χ0) is 12.4. The Labute approximate surface area is 99.6 Å². The largest absolute Gasteiger partial charge is 0.509 e. The third-order valence-electron chi connectivity index (χ3n) is 2.42. The number of hydrogen-bond donors (Lipinski definition) is 0. The predicted molar refractivity (Wildman–Crippen MR) is 56.2 cm³/mol. The lowest BCUT2D eigenvalue weighted by Gasteiger charge is -2.19. The molecule has 0 aliphatic carbocycles. The third kappa shape index (κ3) is 2.89. The van der Waals surface area contributed by atoms with Gasteiger partial charge in [-0.2, -0.15) is 0 Å². The lowest BCUT2D eigenvalue weighted by molar-refractivity contribution is 0.0133. The van der Waals surface area contributed by atoms with Crippen molar-refractivity contribution in [3.05, 3.63) is 0 Å². The number of carbonyl (C=O) groups is 2. The second-order valence-electron chi connectivity index (χ2n) is 4.09. The summed E-state index contributed by atoms with van der Waals surface area (Å²) in [7, 11) is -1.21. The van der Waals surface area contributed by atoms with E-state index >= 15 is 0 Å². The topological polar surface area (TPSA) is 80.3 Å². The van der Waals surface area contributed by atoms with E-state index in [0.717, 1.165) is 0 Å². The molecule has 0 aromatic heterocycles. The summed E-state index contributed by atoms with van der Waals surface area (Å²) in [5.74, 6) is 0. The Morgan fingerprint density at radius 2 is 2.00 bits per heavy atom. The van der Waals surface area contributed by atoms with Crippen LogP contribution in [0.4, 0.5) is 9.59 Å². The first kappa shape index (κ1) is 12.2. The molecule has 0 aromatic carbocycles. The van der Waals surface area contributed by atoms with E-state index in [2.05, 4.69) is 4.74 Å². The van der Waals surface area contributed by atoms with Crippen LogP contribution >= 0.6 is 0 Å². The molecule has 0 bridgehead atoms. The van der Waals surface area contributed by atoms with Crippen molar-refractivity contribution in [1.29, 1.82) is 0 Å². The van der Waals surface area contributed by atoms with Gasteiger partial charge in [-0.15, -0.1) is 0 Å². The normalized spacial score (nSPS) is 32.1. The summed E-state index contributed by atoms with van der Waals surface area (Å²) in [6.45, 7) is 4.33. The summed E-state index contributed by atoms with van der Waals surface area (Å²) in [6, 6.07) is 0. The Hall–Kier alpha value is -1.28. The Morgan fingerprint density at radius 1 is 1.24 bits per heavy atom. The van der Waals surface area contributed by atoms with E-state index in [9.17, 15) is 9.59 Å². The molecule has 7 nitrogen and oxygen atoms in total. The number of cyclic esters (lactones) is 4. The van der Waals surface area contributed by atoms with E-state index in [4.69, 9.17) is 18.6 Å². The molecule has 8 heteroatoms. The van der Waals surface area contributed by atoms with E-state index in [1.54, 1.807) is 0 Å². The molecule has 96 valence electrons. The number of ether oxygens (including phenoxy) is 4. The van der Waals surface area contributed by atoms with Crippen LogP contribution in [0.25, 0.3) is 0 Å². The molecular weight excluding hydrogens is 248 g/mol. The average Bonchev–Trinajstić information content (AvgIpc) is 2.81. The Morgan fingerprint density at radius 3 is 2.59 bits per heavy atom. The quantitative estimate of drug-likeness (QED) is 0.536. The standard InChI is InChI=1S/C9H14O7Si/c1-17(2)13-4-6-7(16-9(11)15-6)5-3-12-8(10)14-5/h5-7,17H,3-4H2,1-2H3. The van der Waals surface area contributed by atoms with Crippen LogP contribution in [-0.4, -0.2) is 52.9 Å². The summed E-state index contributed by atoms with van der Waals surface area (Å²) in [4.78, 5) is 21.9. The van der Waals surface area contributed by atoms with Gasteiger partial charge in [-0.25, -0.2) is 9.59 Å². The molecule has 2 fully saturated rings. The van der Waals surface area contributed by atoms with Gasteiger partial charge in [0.25, 0.3) is 0 Å². The summed E-state index contributed by atoms with van der Waals surface area (Å²) in [5, 5.41) is 0. The highest BCUT2D eigenvalue weighted by molar-refractivity contribution is 6.48. The maximum absolute atomic E-state index is 11.1. The fourth-order valence-electron chi connectivity index (χ4n) is 1.64. The fourth-order valence-corrected chi connectivity index (χ4v) is 2.22. The van der Waals surface area contributed by atoms with Gasteiger partial charge >= 0.3 is 12.3 Å². The highest BCUT2D eigenvalue weighted by atomic mass is 28.3. The fraction of sp³-hybridized carbons (Fsp3) is 0.778. The van der Waals surface area contributed by atoms with Gasteiger partial charge in [-0.05, 0) is 13.1 Å². The summed E-state index contributed by atoms with van der Waals surface area (Å²) < 4.78 is 24.9. The van der Waals surface area contributed by atoms with Crippen LogP contribution in [0.1, 0.15) is 0 Å². The van der Waals surface area contributed by atoms with Gasteiger partial charge in [0.2, 0.25) is 0 Å². The maximum atomic E-state index is 11.1. The molecule has 0 radical (unpaired) electrons. The van der Waals surface area contributed by atoms with Crippen molar-refractivity contribution < 1.29 is 33.0 Å². The second-order valence-corrected chi connectivity index (χ2v) is 6.52. The molecule has 2 aliphatic heterocycles. The molecular formula is C9H14O7Si. The summed E-state index contributed by atoms with van der Waals surface area (Å²) in [6.07, 6.45) is -3.33. The van der Waals surface area contributed by atoms with Crippen LogP contribution in [-0.2, 0) is 23.4 Å². The molecule has 2 saturated heterocycles. The minimum atomic E-state index is -1.21. The molecule has 3 atom stereocenters. The van der Waals surface area contributed by atoms with Crippen molar-refractivity contribution >= 4 is 21.4 Å². The van der Waals surface area contributed by atoms with Gasteiger partial charge in [0.05, 0.1) is 6.61 Å². The van der Waals surface area contributed by atoms with Crippen LogP contribution in [0.5, 0.6) is 0 Å². The minimum Gasteiger partial charge on any atom is -0.430 e. The summed E-state index contributed by atoms with van der Waals surface area (Å²) >= 11 is 0. The molecule has 2 heterocycles. The SMILES string of the molecule is C[SiH](C)OCC1OC(=O)OC1C1COC(=O)O1. The van der Waals surface area contributed by atoms with Crippen molar-refractivity contribution in [3.8, 4) is 0 Å². The molecule has 2 aliphatic rings. The van der Waals surface area contributed by atoms with E-state index in [0.29, 0.717) is 0 Å². The van der Waals surface area contributed by atoms with E-state index < -0.39 is 39.7 Å². The first-order valence-electron chi connectivity index (χ1n) is 5.38. The van der Waals surface area contributed by atoms with Crippen molar-refractivity contribution in [3.63, 3.8) is 0 Å². The molecule has 17 heavy (non-hydrogen) atoms. The van der Waals surface area contributed by atoms with Crippen molar-refractivity contribution in [1.82, 2.24) is 0 Å². The molecule has 0 amide bonds. The molecule has 0 spiro atoms. The van der Waals surface area contributed by atoms with Crippen LogP contribution < -0.4 is 0 Å². The lowest BCUT2D eigenvalue weighted by Crippen LogP contribution is -2.40. The first-order chi connectivity index (χ1) is 8.06. The van der Waals surface area contributed by atoms with Gasteiger partial charge in [0.15, 0.2) is 27.4 Å². The third-order valence-corrected chi connectivity index (χ3v) is 3.28. The van der Waals surface area contributed by atoms with Gasteiger partial charge < -0.3 is 23.4 Å². The number of hydrogen-bond acceptors (Lipinski definition) is 7. The molecule has 0 N–H and O–H groups in total.